The number of nitrogens with zero attached hydrogens (tertiary/aromatic N) is 3. The molecule has 2 aliphatic heterocycles. The second-order valence-corrected chi connectivity index (χ2v) is 8.75. The standard InChI is InChI=1S/C25H31N3O6/c1-32-18-21-9-8-20(34-21)16-26-14-11-25(12-15-26)23(30)27(17-22(29)33-2)24(31)28(25)13-10-19-6-4-3-5-7-19/h3-9H,10-18H2,1-2H3. The molecule has 0 saturated carbocycles. The second-order valence-electron chi connectivity index (χ2n) is 8.75. The average molecular weight is 470 g/mol. The van der Waals surface area contributed by atoms with E-state index in [0.717, 1.165) is 22.0 Å². The zero-order valence-corrected chi connectivity index (χ0v) is 19.7. The SMILES string of the molecule is COCc1ccc(CN2CCC3(CC2)C(=O)N(CC(=O)OC)C(=O)N3CCc2ccccc2)o1. The largest absolute Gasteiger partial charge is 0.468 e. The fourth-order valence-corrected chi connectivity index (χ4v) is 4.82. The Morgan fingerprint density at radius 3 is 2.41 bits per heavy atom. The molecule has 2 saturated heterocycles. The van der Waals surface area contributed by atoms with Gasteiger partial charge in [0.05, 0.1) is 13.7 Å². The summed E-state index contributed by atoms with van der Waals surface area (Å²) >= 11 is 0. The Kier molecular flexibility index (Phi) is 7.33. The van der Waals surface area contributed by atoms with Crippen LogP contribution in [0, 0.1) is 0 Å². The van der Waals surface area contributed by atoms with E-state index in [-0.39, 0.29) is 12.5 Å². The molecular formula is C25H31N3O6. The van der Waals surface area contributed by atoms with Crippen LogP contribution in [0.5, 0.6) is 0 Å². The Morgan fingerprint density at radius 1 is 1.03 bits per heavy atom. The smallest absolute Gasteiger partial charge is 0.328 e. The van der Waals surface area contributed by atoms with Crippen LogP contribution < -0.4 is 0 Å². The number of carbonyl (C=O) groups excluding carboxylic acids is 3. The molecule has 3 heterocycles. The van der Waals surface area contributed by atoms with Gasteiger partial charge in [0.2, 0.25) is 0 Å². The van der Waals surface area contributed by atoms with E-state index in [9.17, 15) is 14.4 Å². The van der Waals surface area contributed by atoms with Crippen molar-refractivity contribution in [3.63, 3.8) is 0 Å². The minimum atomic E-state index is -0.944. The van der Waals surface area contributed by atoms with Gasteiger partial charge in [-0.05, 0) is 37.0 Å². The number of carbonyl (C=O) groups is 3. The first-order chi connectivity index (χ1) is 16.5. The van der Waals surface area contributed by atoms with Crippen LogP contribution in [-0.2, 0) is 38.6 Å². The number of urea groups is 1. The third-order valence-electron chi connectivity index (χ3n) is 6.67. The molecule has 0 N–H and O–H groups in total. The first-order valence-electron chi connectivity index (χ1n) is 11.5. The Bertz CT molecular complexity index is 1010. The van der Waals surface area contributed by atoms with Crippen LogP contribution in [-0.4, -0.2) is 78.5 Å². The van der Waals surface area contributed by atoms with E-state index >= 15 is 0 Å². The van der Waals surface area contributed by atoms with Crippen molar-refractivity contribution < 1.29 is 28.3 Å². The number of amides is 3. The molecule has 9 nitrogen and oxygen atoms in total. The number of esters is 1. The minimum Gasteiger partial charge on any atom is -0.468 e. The summed E-state index contributed by atoms with van der Waals surface area (Å²) in [7, 11) is 2.88. The van der Waals surface area contributed by atoms with Gasteiger partial charge in [-0.2, -0.15) is 0 Å². The Labute approximate surface area is 199 Å². The lowest BCUT2D eigenvalue weighted by molar-refractivity contribution is -0.146. The number of imide groups is 1. The molecule has 0 aliphatic carbocycles. The third-order valence-corrected chi connectivity index (χ3v) is 6.67. The molecule has 2 fully saturated rings. The maximum Gasteiger partial charge on any atom is 0.328 e. The van der Waals surface area contributed by atoms with Gasteiger partial charge in [-0.1, -0.05) is 30.3 Å². The number of hydrogen-bond donors (Lipinski definition) is 0. The lowest BCUT2D eigenvalue weighted by Crippen LogP contribution is -2.56. The van der Waals surface area contributed by atoms with Crippen molar-refractivity contribution in [2.75, 3.05) is 40.4 Å². The number of rotatable bonds is 9. The highest BCUT2D eigenvalue weighted by atomic mass is 16.5. The zero-order chi connectivity index (χ0) is 24.1. The van der Waals surface area contributed by atoms with Crippen LogP contribution in [0.1, 0.15) is 29.9 Å². The van der Waals surface area contributed by atoms with Crippen molar-refractivity contribution in [3.8, 4) is 0 Å². The fourth-order valence-electron chi connectivity index (χ4n) is 4.82. The highest BCUT2D eigenvalue weighted by Crippen LogP contribution is 2.38. The second kappa shape index (κ2) is 10.4. The zero-order valence-electron chi connectivity index (χ0n) is 19.7. The van der Waals surface area contributed by atoms with Gasteiger partial charge in [0, 0.05) is 26.7 Å². The number of benzene rings is 1. The highest BCUT2D eigenvalue weighted by molar-refractivity contribution is 6.08. The molecule has 0 radical (unpaired) electrons. The van der Waals surface area contributed by atoms with Gasteiger partial charge in [-0.3, -0.25) is 19.4 Å². The first-order valence-corrected chi connectivity index (χ1v) is 11.5. The Hall–Kier alpha value is -3.17. The molecule has 0 bridgehead atoms. The summed E-state index contributed by atoms with van der Waals surface area (Å²) in [6.07, 6.45) is 1.62. The van der Waals surface area contributed by atoms with Crippen LogP contribution >= 0.6 is 0 Å². The number of ether oxygens (including phenoxy) is 2. The van der Waals surface area contributed by atoms with Crippen LogP contribution in [0.15, 0.2) is 46.9 Å². The van der Waals surface area contributed by atoms with Crippen molar-refractivity contribution in [1.29, 1.82) is 0 Å². The van der Waals surface area contributed by atoms with Gasteiger partial charge in [0.25, 0.3) is 5.91 Å². The van der Waals surface area contributed by atoms with Crippen LogP contribution in [0.25, 0.3) is 0 Å². The van der Waals surface area contributed by atoms with E-state index in [1.165, 1.54) is 7.11 Å². The molecule has 0 atom stereocenters. The molecule has 0 unspecified atom stereocenters. The van der Waals surface area contributed by atoms with Crippen molar-refractivity contribution in [2.45, 2.75) is 38.0 Å². The maximum atomic E-state index is 13.5. The molecule has 3 amide bonds. The van der Waals surface area contributed by atoms with Crippen LogP contribution in [0.4, 0.5) is 4.79 Å². The lowest BCUT2D eigenvalue weighted by atomic mass is 9.85. The van der Waals surface area contributed by atoms with Crippen molar-refractivity contribution in [3.05, 3.63) is 59.5 Å². The van der Waals surface area contributed by atoms with E-state index < -0.39 is 17.5 Å². The average Bonchev–Trinajstić information content (AvgIpc) is 3.36. The third kappa shape index (κ3) is 4.85. The van der Waals surface area contributed by atoms with Gasteiger partial charge >= 0.3 is 12.0 Å². The molecule has 2 aliphatic rings. The number of furan rings is 1. The summed E-state index contributed by atoms with van der Waals surface area (Å²) in [6.45, 7) is 2.35. The molecular weight excluding hydrogens is 438 g/mol. The first kappa shape index (κ1) is 24.0. The van der Waals surface area contributed by atoms with E-state index in [0.29, 0.717) is 52.0 Å². The van der Waals surface area contributed by atoms with E-state index in [2.05, 4.69) is 4.90 Å². The van der Waals surface area contributed by atoms with E-state index in [1.54, 1.807) is 12.0 Å². The molecule has 34 heavy (non-hydrogen) atoms. The molecule has 182 valence electrons. The number of hydrogen-bond acceptors (Lipinski definition) is 7. The summed E-state index contributed by atoms with van der Waals surface area (Å²) in [5, 5.41) is 0. The van der Waals surface area contributed by atoms with E-state index in [1.807, 2.05) is 42.5 Å². The molecule has 1 aromatic heterocycles. The lowest BCUT2D eigenvalue weighted by Gasteiger charge is -2.42. The summed E-state index contributed by atoms with van der Waals surface area (Å²) in [5.74, 6) is 0.693. The summed E-state index contributed by atoms with van der Waals surface area (Å²) in [5.41, 5.74) is 0.146. The number of likely N-dealkylation sites (tertiary alicyclic amines) is 1. The van der Waals surface area contributed by atoms with Gasteiger partial charge in [-0.25, -0.2) is 4.79 Å². The Balaban J connectivity index is 1.48. The predicted octanol–water partition coefficient (Wildman–Crippen LogP) is 2.44. The summed E-state index contributed by atoms with van der Waals surface area (Å²) < 4.78 is 15.6. The van der Waals surface area contributed by atoms with Crippen molar-refractivity contribution in [1.82, 2.24) is 14.7 Å². The maximum absolute atomic E-state index is 13.5. The van der Waals surface area contributed by atoms with Gasteiger partial charge in [-0.15, -0.1) is 0 Å². The van der Waals surface area contributed by atoms with Gasteiger partial charge in [0.1, 0.15) is 30.2 Å². The predicted molar refractivity (Wildman–Crippen MR) is 123 cm³/mol. The summed E-state index contributed by atoms with van der Waals surface area (Å²) in [4.78, 5) is 43.6. The van der Waals surface area contributed by atoms with Crippen LogP contribution in [0.3, 0.4) is 0 Å². The monoisotopic (exact) mass is 469 g/mol. The topological polar surface area (TPSA) is 92.5 Å². The molecule has 4 rings (SSSR count). The van der Waals surface area contributed by atoms with Crippen molar-refractivity contribution in [2.24, 2.45) is 0 Å². The molecule has 1 spiro atoms. The Morgan fingerprint density at radius 2 is 1.74 bits per heavy atom. The minimum absolute atomic E-state index is 0.309. The summed E-state index contributed by atoms with van der Waals surface area (Å²) in [6, 6.07) is 13.3. The quantitative estimate of drug-likeness (QED) is 0.411. The normalized spacial score (nSPS) is 18.2. The highest BCUT2D eigenvalue weighted by Gasteiger charge is 2.58. The molecule has 1 aromatic carbocycles. The molecule has 9 heteroatoms. The molecule has 2 aromatic rings. The number of methoxy groups -OCH3 is 2. The van der Waals surface area contributed by atoms with Gasteiger partial charge < -0.3 is 18.8 Å². The fraction of sp³-hybridized carbons (Fsp3) is 0.480. The number of piperidine rings is 1. The van der Waals surface area contributed by atoms with Gasteiger partial charge in [0.15, 0.2) is 0 Å². The van der Waals surface area contributed by atoms with Crippen LogP contribution in [0.2, 0.25) is 0 Å². The van der Waals surface area contributed by atoms with E-state index in [4.69, 9.17) is 13.9 Å². The van der Waals surface area contributed by atoms with Crippen molar-refractivity contribution >= 4 is 17.9 Å².